The Hall–Kier alpha value is -1.39. The molecule has 0 radical (unpaired) electrons. The molecule has 0 saturated carbocycles. The Labute approximate surface area is 126 Å². The molecule has 2 heterocycles. The van der Waals surface area contributed by atoms with Crippen LogP contribution in [0.25, 0.3) is 0 Å². The van der Waals surface area contributed by atoms with E-state index < -0.39 is 0 Å². The number of aliphatic hydroxyl groups is 1. The summed E-state index contributed by atoms with van der Waals surface area (Å²) in [7, 11) is 0. The Bertz CT molecular complexity index is 519. The maximum atomic E-state index is 12.7. The molecule has 1 aromatic carbocycles. The fourth-order valence-electron chi connectivity index (χ4n) is 3.74. The van der Waals surface area contributed by atoms with Crippen LogP contribution in [0.2, 0.25) is 0 Å². The zero-order valence-corrected chi connectivity index (χ0v) is 12.8. The number of para-hydroxylation sites is 1. The number of benzene rings is 1. The quantitative estimate of drug-likeness (QED) is 0.902. The van der Waals surface area contributed by atoms with Gasteiger partial charge in [0.05, 0.1) is 12.6 Å². The van der Waals surface area contributed by atoms with Gasteiger partial charge in [-0.05, 0) is 44.7 Å². The number of likely N-dealkylation sites (tertiary alicyclic amines) is 1. The normalized spacial score (nSPS) is 29.5. The smallest absolute Gasteiger partial charge is 0.241 e. The van der Waals surface area contributed by atoms with Gasteiger partial charge in [-0.3, -0.25) is 9.69 Å². The molecule has 1 aromatic rings. The third-order valence-corrected chi connectivity index (χ3v) is 4.86. The average molecular weight is 288 g/mol. The van der Waals surface area contributed by atoms with Crippen LogP contribution < -0.4 is 4.90 Å². The van der Waals surface area contributed by atoms with E-state index in [9.17, 15) is 9.90 Å². The number of piperidine rings is 1. The molecule has 0 bridgehead atoms. The van der Waals surface area contributed by atoms with Gasteiger partial charge >= 0.3 is 0 Å². The van der Waals surface area contributed by atoms with E-state index in [1.807, 2.05) is 23.1 Å². The highest BCUT2D eigenvalue weighted by molar-refractivity contribution is 5.96. The van der Waals surface area contributed by atoms with Crippen molar-refractivity contribution in [2.24, 2.45) is 0 Å². The summed E-state index contributed by atoms with van der Waals surface area (Å²) >= 11 is 0. The molecule has 2 aliphatic heterocycles. The maximum absolute atomic E-state index is 12.7. The molecule has 0 aliphatic carbocycles. The molecule has 1 N–H and O–H groups in total. The number of fused-ring (bicyclic) bond motifs is 1. The van der Waals surface area contributed by atoms with Gasteiger partial charge in [0.25, 0.3) is 0 Å². The number of carbonyl (C=O) groups excluding carboxylic acids is 1. The molecule has 2 aliphatic rings. The summed E-state index contributed by atoms with van der Waals surface area (Å²) in [5.41, 5.74) is 2.33. The second-order valence-corrected chi connectivity index (χ2v) is 6.42. The molecule has 1 saturated heterocycles. The van der Waals surface area contributed by atoms with Gasteiger partial charge in [0, 0.05) is 24.3 Å². The van der Waals surface area contributed by atoms with E-state index in [2.05, 4.69) is 24.8 Å². The Morgan fingerprint density at radius 2 is 1.90 bits per heavy atom. The van der Waals surface area contributed by atoms with Crippen molar-refractivity contribution in [1.82, 2.24) is 4.90 Å². The summed E-state index contributed by atoms with van der Waals surface area (Å²) in [5.74, 6) is 0.176. The third kappa shape index (κ3) is 2.83. The van der Waals surface area contributed by atoms with Crippen LogP contribution in [0, 0.1) is 0 Å². The molecule has 4 nitrogen and oxygen atoms in total. The number of amides is 1. The lowest BCUT2D eigenvalue weighted by molar-refractivity contribution is -0.122. The topological polar surface area (TPSA) is 43.8 Å². The molecular weight excluding hydrogens is 264 g/mol. The predicted molar refractivity (Wildman–Crippen MR) is 83.4 cm³/mol. The molecule has 3 atom stereocenters. The lowest BCUT2D eigenvalue weighted by Crippen LogP contribution is -2.52. The number of hydrogen-bond acceptors (Lipinski definition) is 3. The van der Waals surface area contributed by atoms with Crippen molar-refractivity contribution in [3.05, 3.63) is 29.8 Å². The summed E-state index contributed by atoms with van der Waals surface area (Å²) in [6.45, 7) is 5.44. The van der Waals surface area contributed by atoms with Gasteiger partial charge in [0.2, 0.25) is 5.91 Å². The Morgan fingerprint density at radius 1 is 1.24 bits per heavy atom. The number of carbonyl (C=O) groups is 1. The highest BCUT2D eigenvalue weighted by Gasteiger charge is 2.33. The summed E-state index contributed by atoms with van der Waals surface area (Å²) in [6.07, 6.45) is 2.24. The van der Waals surface area contributed by atoms with Crippen LogP contribution in [-0.2, 0) is 11.2 Å². The highest BCUT2D eigenvalue weighted by atomic mass is 16.3. The van der Waals surface area contributed by atoms with Gasteiger partial charge in [-0.2, -0.15) is 0 Å². The fourth-order valence-corrected chi connectivity index (χ4v) is 3.74. The summed E-state index contributed by atoms with van der Waals surface area (Å²) in [6, 6.07) is 8.67. The van der Waals surface area contributed by atoms with E-state index in [1.54, 1.807) is 0 Å². The van der Waals surface area contributed by atoms with Crippen molar-refractivity contribution in [1.29, 1.82) is 0 Å². The first kappa shape index (κ1) is 14.5. The van der Waals surface area contributed by atoms with Crippen LogP contribution in [0.3, 0.4) is 0 Å². The molecule has 4 heteroatoms. The van der Waals surface area contributed by atoms with Crippen molar-refractivity contribution >= 4 is 11.6 Å². The average Bonchev–Trinajstić information content (AvgIpc) is 2.86. The third-order valence-electron chi connectivity index (χ3n) is 4.86. The monoisotopic (exact) mass is 288 g/mol. The van der Waals surface area contributed by atoms with E-state index in [4.69, 9.17) is 0 Å². The second kappa shape index (κ2) is 5.78. The van der Waals surface area contributed by atoms with Crippen LogP contribution in [0.15, 0.2) is 24.3 Å². The molecule has 21 heavy (non-hydrogen) atoms. The van der Waals surface area contributed by atoms with E-state index in [0.29, 0.717) is 6.54 Å². The first-order valence-electron chi connectivity index (χ1n) is 7.88. The van der Waals surface area contributed by atoms with Gasteiger partial charge in [-0.15, -0.1) is 0 Å². The van der Waals surface area contributed by atoms with Crippen LogP contribution in [0.5, 0.6) is 0 Å². The molecule has 3 rings (SSSR count). The van der Waals surface area contributed by atoms with Gasteiger partial charge < -0.3 is 10.0 Å². The number of nitrogens with zero attached hydrogens (tertiary/aromatic N) is 2. The summed E-state index contributed by atoms with van der Waals surface area (Å²) in [5, 5.41) is 9.82. The highest BCUT2D eigenvalue weighted by Crippen LogP contribution is 2.29. The van der Waals surface area contributed by atoms with Gasteiger partial charge in [0.1, 0.15) is 0 Å². The summed E-state index contributed by atoms with van der Waals surface area (Å²) in [4.78, 5) is 16.8. The van der Waals surface area contributed by atoms with E-state index in [1.165, 1.54) is 5.56 Å². The van der Waals surface area contributed by atoms with Gasteiger partial charge in [0.15, 0.2) is 0 Å². The predicted octanol–water partition coefficient (Wildman–Crippen LogP) is 1.81. The molecule has 0 aromatic heterocycles. The first-order valence-corrected chi connectivity index (χ1v) is 7.88. The van der Waals surface area contributed by atoms with Gasteiger partial charge in [-0.1, -0.05) is 18.2 Å². The van der Waals surface area contributed by atoms with Crippen molar-refractivity contribution < 1.29 is 9.90 Å². The molecule has 1 amide bonds. The fraction of sp³-hybridized carbons (Fsp3) is 0.588. The Morgan fingerprint density at radius 3 is 2.62 bits per heavy atom. The van der Waals surface area contributed by atoms with Crippen LogP contribution in [0.1, 0.15) is 32.3 Å². The number of anilines is 1. The zero-order chi connectivity index (χ0) is 15.0. The molecule has 1 fully saturated rings. The SMILES string of the molecule is C[C@@H]1CC(O)C[C@H](C)N1CC(=O)N1CCc2ccccc21. The van der Waals surface area contributed by atoms with Crippen molar-refractivity contribution in [3.63, 3.8) is 0 Å². The van der Waals surface area contributed by atoms with E-state index in [-0.39, 0.29) is 24.1 Å². The van der Waals surface area contributed by atoms with Crippen LogP contribution in [-0.4, -0.2) is 47.2 Å². The minimum atomic E-state index is -0.228. The van der Waals surface area contributed by atoms with Crippen molar-refractivity contribution in [3.8, 4) is 0 Å². The van der Waals surface area contributed by atoms with Crippen molar-refractivity contribution in [2.75, 3.05) is 18.0 Å². The molecule has 1 unspecified atom stereocenters. The minimum Gasteiger partial charge on any atom is -0.393 e. The lowest BCUT2D eigenvalue weighted by Gasteiger charge is -2.41. The first-order chi connectivity index (χ1) is 10.1. The largest absolute Gasteiger partial charge is 0.393 e. The van der Waals surface area contributed by atoms with E-state index >= 15 is 0 Å². The minimum absolute atomic E-state index is 0.176. The number of rotatable bonds is 2. The Kier molecular flexibility index (Phi) is 4.00. The number of aliphatic hydroxyl groups excluding tert-OH is 1. The summed E-state index contributed by atoms with van der Waals surface area (Å²) < 4.78 is 0. The second-order valence-electron chi connectivity index (χ2n) is 6.42. The van der Waals surface area contributed by atoms with Crippen LogP contribution in [0.4, 0.5) is 5.69 Å². The van der Waals surface area contributed by atoms with Crippen LogP contribution >= 0.6 is 0 Å². The lowest BCUT2D eigenvalue weighted by atomic mass is 9.95. The molecule has 114 valence electrons. The molecule has 0 spiro atoms. The Balaban J connectivity index is 1.70. The van der Waals surface area contributed by atoms with E-state index in [0.717, 1.165) is 31.5 Å². The van der Waals surface area contributed by atoms with Crippen molar-refractivity contribution in [2.45, 2.75) is 51.3 Å². The van der Waals surface area contributed by atoms with Gasteiger partial charge in [-0.25, -0.2) is 0 Å². The standard InChI is InChI=1S/C17H24N2O2/c1-12-9-15(20)10-13(2)19(12)11-17(21)18-8-7-14-5-3-4-6-16(14)18/h3-6,12-13,15,20H,7-11H2,1-2H3/t12-,13+,15?. The number of hydrogen-bond donors (Lipinski definition) is 1. The molecular formula is C17H24N2O2. The maximum Gasteiger partial charge on any atom is 0.241 e. The zero-order valence-electron chi connectivity index (χ0n) is 12.8.